The van der Waals surface area contributed by atoms with E-state index >= 15 is 0 Å². The summed E-state index contributed by atoms with van der Waals surface area (Å²) < 4.78 is 7.56. The topological polar surface area (TPSA) is 9.23 Å². The lowest BCUT2D eigenvalue weighted by molar-refractivity contribution is -0.134. The highest BCUT2D eigenvalue weighted by Crippen LogP contribution is 2.63. The van der Waals surface area contributed by atoms with Crippen molar-refractivity contribution in [3.63, 3.8) is 0 Å². The first-order chi connectivity index (χ1) is 17.0. The molecule has 1 unspecified atom stereocenters. The molecule has 0 radical (unpaired) electrons. The molecule has 1 heteroatoms. The third kappa shape index (κ3) is 8.58. The minimum atomic E-state index is -0.273. The third-order valence-electron chi connectivity index (χ3n) is 7.77. The Morgan fingerprint density at radius 3 is 1.35 bits per heavy atom. The molecule has 1 aliphatic rings. The fourth-order valence-electron chi connectivity index (χ4n) is 7.22. The van der Waals surface area contributed by atoms with Crippen LogP contribution in [0.1, 0.15) is 135 Å². The zero-order valence-electron chi connectivity index (χ0n) is 27.7. The Morgan fingerprint density at radius 2 is 1.00 bits per heavy atom. The van der Waals surface area contributed by atoms with E-state index in [2.05, 4.69) is 110 Å². The van der Waals surface area contributed by atoms with Gasteiger partial charge in [-0.05, 0) is 96.7 Å². The first-order valence-corrected chi connectivity index (χ1v) is 15.8. The quantitative estimate of drug-likeness (QED) is 0.199. The van der Waals surface area contributed by atoms with Crippen molar-refractivity contribution in [1.29, 1.82) is 0 Å². The van der Waals surface area contributed by atoms with Gasteiger partial charge in [-0.3, -0.25) is 0 Å². The van der Waals surface area contributed by atoms with Crippen molar-refractivity contribution >= 4 is 0 Å². The first kappa shape index (κ1) is 34.2. The van der Waals surface area contributed by atoms with Crippen molar-refractivity contribution in [2.45, 2.75) is 141 Å². The summed E-state index contributed by atoms with van der Waals surface area (Å²) in [5, 5.41) is 0. The zero-order valence-corrected chi connectivity index (χ0v) is 27.7. The number of hydrogen-bond acceptors (Lipinski definition) is 1. The fourth-order valence-corrected chi connectivity index (χ4v) is 7.22. The Hall–Kier alpha value is -0.820. The second-order valence-corrected chi connectivity index (χ2v) is 15.3. The molecule has 0 aromatic rings. The third-order valence-corrected chi connectivity index (χ3v) is 7.77. The first-order valence-electron chi connectivity index (χ1n) is 15.8. The molecule has 0 bridgehead atoms. The van der Waals surface area contributed by atoms with Gasteiger partial charge in [0.1, 0.15) is 0 Å². The normalized spacial score (nSPS) is 20.8. The summed E-state index contributed by atoms with van der Waals surface area (Å²) in [4.78, 5) is 0. The van der Waals surface area contributed by atoms with Crippen molar-refractivity contribution in [1.82, 2.24) is 0 Å². The fraction of sp³-hybridized carbons (Fsp3) is 0.833. The molecular weight excluding hydrogens is 448 g/mol. The van der Waals surface area contributed by atoms with E-state index in [4.69, 9.17) is 4.74 Å². The number of allylic oxidation sites excluding steroid dienone is 3. The summed E-state index contributed by atoms with van der Waals surface area (Å²) in [5.74, 6) is 4.02. The van der Waals surface area contributed by atoms with Crippen molar-refractivity contribution in [3.8, 4) is 0 Å². The van der Waals surface area contributed by atoms with Crippen LogP contribution in [-0.2, 0) is 4.74 Å². The summed E-state index contributed by atoms with van der Waals surface area (Å²) in [6, 6.07) is 0. The molecule has 0 saturated heterocycles. The molecular formula is C36H66O. The van der Waals surface area contributed by atoms with Crippen LogP contribution >= 0.6 is 0 Å². The van der Waals surface area contributed by atoms with E-state index in [1.165, 1.54) is 18.4 Å². The predicted octanol–water partition coefficient (Wildman–Crippen LogP) is 11.5. The molecule has 0 heterocycles. The van der Waals surface area contributed by atoms with Gasteiger partial charge in [-0.2, -0.15) is 0 Å². The van der Waals surface area contributed by atoms with Crippen molar-refractivity contribution < 1.29 is 4.74 Å². The van der Waals surface area contributed by atoms with E-state index < -0.39 is 0 Å². The Morgan fingerprint density at radius 1 is 0.568 bits per heavy atom. The van der Waals surface area contributed by atoms with Gasteiger partial charge in [0, 0.05) is 5.41 Å². The largest absolute Gasteiger partial charge is 0.369 e. The molecule has 1 rings (SSSR count). The Bertz CT molecular complexity index is 760. The van der Waals surface area contributed by atoms with Crippen LogP contribution in [0, 0.1) is 46.8 Å². The lowest BCUT2D eigenvalue weighted by Gasteiger charge is -2.60. The van der Waals surface area contributed by atoms with Crippen molar-refractivity contribution in [2.24, 2.45) is 46.8 Å². The van der Waals surface area contributed by atoms with Crippen molar-refractivity contribution in [3.05, 3.63) is 34.9 Å². The van der Waals surface area contributed by atoms with E-state index in [1.54, 1.807) is 16.7 Å². The van der Waals surface area contributed by atoms with Crippen LogP contribution in [-0.4, -0.2) is 12.2 Å². The Labute approximate surface area is 234 Å². The monoisotopic (exact) mass is 515 g/mol. The lowest BCUT2D eigenvalue weighted by Crippen LogP contribution is -2.58. The minimum absolute atomic E-state index is 0.0208. The van der Waals surface area contributed by atoms with E-state index in [9.17, 15) is 0 Å². The lowest BCUT2D eigenvalue weighted by atomic mass is 9.49. The van der Waals surface area contributed by atoms with Gasteiger partial charge in [-0.1, -0.05) is 115 Å². The van der Waals surface area contributed by atoms with Gasteiger partial charge in [0.2, 0.25) is 0 Å². The summed E-state index contributed by atoms with van der Waals surface area (Å²) in [5.41, 5.74) is 6.04. The number of ether oxygens (including phenoxy) is 1. The second-order valence-electron chi connectivity index (χ2n) is 15.3. The average Bonchev–Trinajstić information content (AvgIpc) is 2.71. The molecule has 0 saturated carbocycles. The molecule has 0 spiro atoms. The van der Waals surface area contributed by atoms with Crippen LogP contribution in [0.3, 0.4) is 0 Å². The van der Waals surface area contributed by atoms with Crippen LogP contribution in [0.4, 0.5) is 0 Å². The predicted molar refractivity (Wildman–Crippen MR) is 167 cm³/mol. The van der Waals surface area contributed by atoms with Gasteiger partial charge in [0.15, 0.2) is 0 Å². The van der Waals surface area contributed by atoms with Gasteiger partial charge < -0.3 is 4.74 Å². The average molecular weight is 515 g/mol. The molecule has 0 N–H and O–H groups in total. The molecule has 0 aromatic carbocycles. The standard InChI is InChI=1S/C36H66O/c1-16-31-32(17-24(2)3)34(19-26(6)7)36(22-29(12)13,37-23-30(14)15)35(20-27(8)9,21-28(10)11)33(31)18-25(4)5/h16,24-30H,1,17-23H2,2-15H3. The zero-order chi connectivity index (χ0) is 28.7. The minimum Gasteiger partial charge on any atom is -0.369 e. The van der Waals surface area contributed by atoms with Crippen LogP contribution < -0.4 is 0 Å². The molecule has 1 nitrogen and oxygen atoms in total. The van der Waals surface area contributed by atoms with E-state index in [-0.39, 0.29) is 11.0 Å². The Balaban J connectivity index is 4.47. The molecule has 1 aliphatic carbocycles. The highest BCUT2D eigenvalue weighted by molar-refractivity contribution is 5.56. The summed E-state index contributed by atoms with van der Waals surface area (Å²) in [6.45, 7) is 38.9. The number of rotatable bonds is 16. The second kappa shape index (κ2) is 14.5. The van der Waals surface area contributed by atoms with Crippen LogP contribution in [0.25, 0.3) is 0 Å². The molecule has 0 aromatic heterocycles. The van der Waals surface area contributed by atoms with Gasteiger partial charge >= 0.3 is 0 Å². The summed E-state index contributed by atoms with van der Waals surface area (Å²) >= 11 is 0. The molecule has 1 atom stereocenters. The number of hydrogen-bond donors (Lipinski definition) is 0. The molecule has 37 heavy (non-hydrogen) atoms. The molecule has 0 amide bonds. The maximum Gasteiger partial charge on any atom is 0.0993 e. The van der Waals surface area contributed by atoms with Crippen LogP contribution in [0.2, 0.25) is 0 Å². The smallest absolute Gasteiger partial charge is 0.0993 e. The van der Waals surface area contributed by atoms with Gasteiger partial charge in [-0.15, -0.1) is 0 Å². The van der Waals surface area contributed by atoms with Crippen molar-refractivity contribution in [2.75, 3.05) is 6.61 Å². The maximum atomic E-state index is 7.56. The van der Waals surface area contributed by atoms with Crippen LogP contribution in [0.5, 0.6) is 0 Å². The van der Waals surface area contributed by atoms with Crippen LogP contribution in [0.15, 0.2) is 34.9 Å². The highest BCUT2D eigenvalue weighted by Gasteiger charge is 2.59. The van der Waals surface area contributed by atoms with Gasteiger partial charge in [-0.25, -0.2) is 0 Å². The molecule has 0 aliphatic heterocycles. The van der Waals surface area contributed by atoms with E-state index in [0.717, 1.165) is 32.3 Å². The van der Waals surface area contributed by atoms with E-state index in [1.807, 2.05) is 0 Å². The summed E-state index contributed by atoms with van der Waals surface area (Å²) in [7, 11) is 0. The van der Waals surface area contributed by atoms with Gasteiger partial charge in [0.05, 0.1) is 12.2 Å². The molecule has 216 valence electrons. The SMILES string of the molecule is C=CC1=C(CC(C)C)C(CC(C)C)(CC(C)C)C(CC(C)C)(OCC(C)C)C(CC(C)C)=C1CC(C)C. The van der Waals surface area contributed by atoms with E-state index in [0.29, 0.717) is 41.4 Å². The molecule has 0 fully saturated rings. The summed E-state index contributed by atoms with van der Waals surface area (Å²) in [6.07, 6.45) is 9.02. The highest BCUT2D eigenvalue weighted by atomic mass is 16.5. The maximum absolute atomic E-state index is 7.56. The Kier molecular flexibility index (Phi) is 13.4. The van der Waals surface area contributed by atoms with Gasteiger partial charge in [0.25, 0.3) is 0 Å².